The highest BCUT2D eigenvalue weighted by Crippen LogP contribution is 2.55. The molecule has 0 N–H and O–H groups in total. The quantitative estimate of drug-likeness (QED) is 0.192. The molecule has 0 saturated heterocycles. The zero-order chi connectivity index (χ0) is 32.0. The van der Waals surface area contributed by atoms with E-state index in [1.807, 2.05) is 17.4 Å². The first-order valence-corrected chi connectivity index (χ1v) is 17.3. The van der Waals surface area contributed by atoms with Gasteiger partial charge in [0.25, 0.3) is 0 Å². The molecule has 2 heterocycles. The SMILES string of the molecule is CC1(C)c2ccccc2-c2c(N(c3ccc(-c4cccc5c4sc4ccccc45)cc3)c3cccc4oc5ccccc5c34)cccc21. The lowest BCUT2D eigenvalue weighted by Gasteiger charge is -2.29. The molecule has 10 rings (SSSR count). The first-order valence-electron chi connectivity index (χ1n) is 16.5. The van der Waals surface area contributed by atoms with Crippen molar-refractivity contribution in [3.63, 3.8) is 0 Å². The predicted octanol–water partition coefficient (Wildman–Crippen LogP) is 13.4. The molecular formula is C45H31NOS. The lowest BCUT2D eigenvalue weighted by Crippen LogP contribution is -2.16. The Morgan fingerprint density at radius 3 is 2.06 bits per heavy atom. The minimum absolute atomic E-state index is 0.102. The fraction of sp³-hybridized carbons (Fsp3) is 0.0667. The summed E-state index contributed by atoms with van der Waals surface area (Å²) in [6, 6.07) is 55.1. The number of para-hydroxylation sites is 1. The summed E-state index contributed by atoms with van der Waals surface area (Å²) in [6.45, 7) is 4.69. The summed E-state index contributed by atoms with van der Waals surface area (Å²) in [5.74, 6) is 0. The van der Waals surface area contributed by atoms with Crippen LogP contribution in [0.15, 0.2) is 156 Å². The van der Waals surface area contributed by atoms with Gasteiger partial charge in [0.05, 0.1) is 16.8 Å². The van der Waals surface area contributed by atoms with E-state index in [1.54, 1.807) is 0 Å². The molecule has 228 valence electrons. The van der Waals surface area contributed by atoms with Crippen LogP contribution in [-0.2, 0) is 5.41 Å². The van der Waals surface area contributed by atoms with Gasteiger partial charge >= 0.3 is 0 Å². The molecule has 7 aromatic carbocycles. The van der Waals surface area contributed by atoms with E-state index in [0.717, 1.165) is 33.3 Å². The van der Waals surface area contributed by atoms with E-state index >= 15 is 0 Å². The number of thiophene rings is 1. The zero-order valence-corrected chi connectivity index (χ0v) is 27.5. The zero-order valence-electron chi connectivity index (χ0n) is 26.7. The van der Waals surface area contributed by atoms with Crippen LogP contribution in [0.5, 0.6) is 0 Å². The summed E-state index contributed by atoms with van der Waals surface area (Å²) in [5.41, 5.74) is 12.9. The largest absolute Gasteiger partial charge is 0.456 e. The number of furan rings is 1. The molecule has 3 heteroatoms. The van der Waals surface area contributed by atoms with Gasteiger partial charge in [-0.3, -0.25) is 0 Å². The van der Waals surface area contributed by atoms with Gasteiger partial charge in [-0.15, -0.1) is 11.3 Å². The van der Waals surface area contributed by atoms with Crippen molar-refractivity contribution in [3.8, 4) is 22.3 Å². The molecule has 48 heavy (non-hydrogen) atoms. The number of anilines is 3. The van der Waals surface area contributed by atoms with Crippen LogP contribution in [0.25, 0.3) is 64.4 Å². The van der Waals surface area contributed by atoms with Gasteiger partial charge < -0.3 is 9.32 Å². The highest BCUT2D eigenvalue weighted by molar-refractivity contribution is 7.26. The Kier molecular flexibility index (Phi) is 5.82. The lowest BCUT2D eigenvalue weighted by atomic mass is 9.82. The molecule has 0 fully saturated rings. The Bertz CT molecular complexity index is 2710. The Labute approximate surface area is 283 Å². The number of benzene rings is 7. The predicted molar refractivity (Wildman–Crippen MR) is 204 cm³/mol. The topological polar surface area (TPSA) is 16.4 Å². The molecule has 0 radical (unpaired) electrons. The summed E-state index contributed by atoms with van der Waals surface area (Å²) >= 11 is 1.88. The molecule has 9 aromatic rings. The molecule has 2 nitrogen and oxygen atoms in total. The van der Waals surface area contributed by atoms with Crippen molar-refractivity contribution in [1.82, 2.24) is 0 Å². The van der Waals surface area contributed by atoms with Gasteiger partial charge in [-0.2, -0.15) is 0 Å². The minimum Gasteiger partial charge on any atom is -0.456 e. The molecule has 0 amide bonds. The Hall–Kier alpha value is -5.64. The first-order chi connectivity index (χ1) is 23.6. The molecule has 0 atom stereocenters. The van der Waals surface area contributed by atoms with Crippen molar-refractivity contribution < 1.29 is 4.42 Å². The van der Waals surface area contributed by atoms with Crippen molar-refractivity contribution in [2.75, 3.05) is 4.90 Å². The van der Waals surface area contributed by atoms with E-state index in [9.17, 15) is 0 Å². The van der Waals surface area contributed by atoms with E-state index in [0.29, 0.717) is 0 Å². The molecule has 1 aliphatic rings. The minimum atomic E-state index is -0.102. The fourth-order valence-corrected chi connectivity index (χ4v) is 9.27. The molecule has 0 unspecified atom stereocenters. The van der Waals surface area contributed by atoms with Crippen molar-refractivity contribution in [1.29, 1.82) is 0 Å². The summed E-state index contributed by atoms with van der Waals surface area (Å²) in [4.78, 5) is 2.45. The van der Waals surface area contributed by atoms with Gasteiger partial charge in [-0.1, -0.05) is 123 Å². The molecule has 0 spiro atoms. The average molecular weight is 634 g/mol. The molecule has 0 bridgehead atoms. The lowest BCUT2D eigenvalue weighted by molar-refractivity contribution is 0.660. The van der Waals surface area contributed by atoms with Crippen molar-refractivity contribution in [2.45, 2.75) is 19.3 Å². The third-order valence-corrected chi connectivity index (χ3v) is 11.5. The molecule has 0 aliphatic heterocycles. The summed E-state index contributed by atoms with van der Waals surface area (Å²) < 4.78 is 9.07. The summed E-state index contributed by atoms with van der Waals surface area (Å²) in [7, 11) is 0. The second-order valence-corrected chi connectivity index (χ2v) is 14.3. The van der Waals surface area contributed by atoms with Gasteiger partial charge in [-0.25, -0.2) is 0 Å². The van der Waals surface area contributed by atoms with E-state index in [1.165, 1.54) is 59.2 Å². The van der Waals surface area contributed by atoms with E-state index < -0.39 is 0 Å². The van der Waals surface area contributed by atoms with E-state index in [-0.39, 0.29) is 5.41 Å². The number of hydrogen-bond donors (Lipinski definition) is 0. The number of hydrogen-bond acceptors (Lipinski definition) is 3. The van der Waals surface area contributed by atoms with E-state index in [2.05, 4.69) is 164 Å². The van der Waals surface area contributed by atoms with Crippen LogP contribution < -0.4 is 4.90 Å². The number of fused-ring (bicyclic) bond motifs is 9. The normalized spacial score (nSPS) is 13.4. The van der Waals surface area contributed by atoms with Crippen LogP contribution in [0.2, 0.25) is 0 Å². The maximum Gasteiger partial charge on any atom is 0.137 e. The van der Waals surface area contributed by atoms with Gasteiger partial charge in [-0.05, 0) is 70.3 Å². The number of rotatable bonds is 4. The van der Waals surface area contributed by atoms with Gasteiger partial charge in [0.15, 0.2) is 0 Å². The maximum absolute atomic E-state index is 6.41. The average Bonchev–Trinajstić information content (AvgIpc) is 3.77. The summed E-state index contributed by atoms with van der Waals surface area (Å²) in [6.07, 6.45) is 0. The summed E-state index contributed by atoms with van der Waals surface area (Å²) in [5, 5.41) is 4.88. The Balaban J connectivity index is 1.22. The monoisotopic (exact) mass is 633 g/mol. The second-order valence-electron chi connectivity index (χ2n) is 13.3. The molecule has 2 aromatic heterocycles. The first kappa shape index (κ1) is 27.5. The van der Waals surface area contributed by atoms with Crippen molar-refractivity contribution in [3.05, 3.63) is 163 Å². The highest BCUT2D eigenvalue weighted by atomic mass is 32.1. The molecule has 0 saturated carbocycles. The molecule has 1 aliphatic carbocycles. The van der Waals surface area contributed by atoms with Crippen molar-refractivity contribution >= 4 is 70.5 Å². The fourth-order valence-electron chi connectivity index (χ4n) is 8.04. The van der Waals surface area contributed by atoms with Crippen LogP contribution in [0.1, 0.15) is 25.0 Å². The van der Waals surface area contributed by atoms with Crippen LogP contribution >= 0.6 is 11.3 Å². The second kappa shape index (κ2) is 10.2. The van der Waals surface area contributed by atoms with Crippen LogP contribution in [0.4, 0.5) is 17.1 Å². The van der Waals surface area contributed by atoms with Crippen LogP contribution in [0.3, 0.4) is 0 Å². The highest BCUT2D eigenvalue weighted by Gasteiger charge is 2.38. The maximum atomic E-state index is 6.41. The smallest absolute Gasteiger partial charge is 0.137 e. The van der Waals surface area contributed by atoms with Gasteiger partial charge in [0, 0.05) is 42.2 Å². The van der Waals surface area contributed by atoms with Crippen LogP contribution in [0, 0.1) is 0 Å². The third kappa shape index (κ3) is 3.85. The van der Waals surface area contributed by atoms with Crippen LogP contribution in [-0.4, -0.2) is 0 Å². The Morgan fingerprint density at radius 1 is 0.521 bits per heavy atom. The molecular weight excluding hydrogens is 603 g/mol. The van der Waals surface area contributed by atoms with E-state index in [4.69, 9.17) is 4.42 Å². The van der Waals surface area contributed by atoms with Gasteiger partial charge in [0.1, 0.15) is 11.2 Å². The van der Waals surface area contributed by atoms with Gasteiger partial charge in [0.2, 0.25) is 0 Å². The third-order valence-electron chi connectivity index (χ3n) is 10.3. The standard InChI is InChI=1S/C45H31NOS/c1-45(2)35-17-6-3-13-33(35)42-36(45)18-10-19-37(42)46(38-20-11-22-40-43(38)34-14-4-7-21-39(34)47-40)29-26-24-28(25-27-29)30-15-9-16-32-31-12-5-8-23-41(31)48-44(30)32/h3-27H,1-2H3. The van der Waals surface area contributed by atoms with Crippen molar-refractivity contribution in [2.24, 2.45) is 0 Å². The Morgan fingerprint density at radius 2 is 1.17 bits per heavy atom. The number of nitrogens with zero attached hydrogens (tertiary/aromatic N) is 1.